The number of hydroxylamine groups is 2. The van der Waals surface area contributed by atoms with Gasteiger partial charge in [-0.1, -0.05) is 39.2 Å². The Morgan fingerprint density at radius 2 is 1.82 bits per heavy atom. The summed E-state index contributed by atoms with van der Waals surface area (Å²) in [5.74, 6) is -7.72. The monoisotopic (exact) mass is 632 g/mol. The normalized spacial score (nSPS) is 31.2. The van der Waals surface area contributed by atoms with Gasteiger partial charge in [0.15, 0.2) is 11.5 Å². The van der Waals surface area contributed by atoms with Gasteiger partial charge in [0.2, 0.25) is 11.8 Å². The van der Waals surface area contributed by atoms with Crippen molar-refractivity contribution in [2.45, 2.75) is 25.7 Å². The molecule has 1 saturated carbocycles. The van der Waals surface area contributed by atoms with E-state index in [1.54, 1.807) is 25.1 Å². The minimum absolute atomic E-state index is 0.0504. The molecular weight excluding hydrogens is 611 g/mol. The van der Waals surface area contributed by atoms with Crippen LogP contribution in [0.25, 0.3) is 0 Å². The fraction of sp³-hybridized carbons (Fsp3) is 0.357. The van der Waals surface area contributed by atoms with Crippen molar-refractivity contribution < 1.29 is 38.6 Å². The van der Waals surface area contributed by atoms with Crippen molar-refractivity contribution in [2.24, 2.45) is 29.1 Å². The molecule has 2 aliphatic heterocycles. The number of amides is 4. The quantitative estimate of drug-likeness (QED) is 0.288. The molecule has 9 nitrogen and oxygen atoms in total. The van der Waals surface area contributed by atoms with Gasteiger partial charge in [-0.25, -0.2) is 9.29 Å². The molecule has 0 spiro atoms. The van der Waals surface area contributed by atoms with Gasteiger partial charge >= 0.3 is 0 Å². The molecule has 0 radical (unpaired) electrons. The standard InChI is InChI=1S/C28H23BrClFN2O7/c1-28-17(25(36)32(27(28)38)12-3-6-19(31)18(30)9-12)10-15-13(4-5-14-21(15)26(37)33(39)24(14)35)22(28)16-7-11(29)8-20(40-2)23(16)34/h3-4,6-9,14-15,17,21-22,34,39H,5,10H2,1-2H3/t14-,15+,17-,21-,22+,28+/m0/s1. The maximum atomic E-state index is 14.3. The number of fused-ring (bicyclic) bond motifs is 4. The molecule has 0 aromatic heterocycles. The predicted octanol–water partition coefficient (Wildman–Crippen LogP) is 4.58. The summed E-state index contributed by atoms with van der Waals surface area (Å²) in [5.41, 5.74) is -0.436. The number of ether oxygens (including phenoxy) is 1. The number of aromatic hydroxyl groups is 1. The molecular formula is C28H23BrClFN2O7. The van der Waals surface area contributed by atoms with E-state index in [0.717, 1.165) is 11.0 Å². The molecule has 3 fully saturated rings. The van der Waals surface area contributed by atoms with Gasteiger partial charge in [0.1, 0.15) is 5.82 Å². The zero-order chi connectivity index (χ0) is 28.8. The number of allylic oxidation sites excluding steroid dienone is 2. The van der Waals surface area contributed by atoms with Crippen LogP contribution in [-0.4, -0.2) is 46.1 Å². The number of hydrogen-bond donors (Lipinski definition) is 2. The molecule has 2 heterocycles. The van der Waals surface area contributed by atoms with Crippen molar-refractivity contribution in [1.29, 1.82) is 0 Å². The van der Waals surface area contributed by atoms with Gasteiger partial charge in [-0.15, -0.1) is 0 Å². The number of carbonyl (C=O) groups excluding carboxylic acids is 4. The molecule has 40 heavy (non-hydrogen) atoms. The highest BCUT2D eigenvalue weighted by Crippen LogP contribution is 2.65. The lowest BCUT2D eigenvalue weighted by molar-refractivity contribution is -0.173. The molecule has 2 N–H and O–H groups in total. The zero-order valence-electron chi connectivity index (χ0n) is 21.2. The van der Waals surface area contributed by atoms with Crippen LogP contribution < -0.4 is 9.64 Å². The number of benzene rings is 2. The lowest BCUT2D eigenvalue weighted by Crippen LogP contribution is -2.48. The Balaban J connectivity index is 1.58. The van der Waals surface area contributed by atoms with Crippen LogP contribution in [0.4, 0.5) is 10.1 Å². The minimum Gasteiger partial charge on any atom is -0.504 e. The van der Waals surface area contributed by atoms with E-state index in [2.05, 4.69) is 15.9 Å². The molecule has 0 bridgehead atoms. The number of imide groups is 2. The van der Waals surface area contributed by atoms with Gasteiger partial charge in [-0.2, -0.15) is 5.06 Å². The van der Waals surface area contributed by atoms with Gasteiger partial charge in [0, 0.05) is 16.0 Å². The molecule has 0 unspecified atom stereocenters. The first kappa shape index (κ1) is 26.9. The predicted molar refractivity (Wildman–Crippen MR) is 142 cm³/mol. The van der Waals surface area contributed by atoms with Crippen LogP contribution in [0.2, 0.25) is 5.02 Å². The second-order valence-electron chi connectivity index (χ2n) is 10.8. The maximum absolute atomic E-state index is 14.3. The van der Waals surface area contributed by atoms with Gasteiger partial charge in [-0.3, -0.25) is 24.4 Å². The average Bonchev–Trinajstić information content (AvgIpc) is 3.26. The Bertz CT molecular complexity index is 1560. The third-order valence-electron chi connectivity index (χ3n) is 9.01. The third-order valence-corrected chi connectivity index (χ3v) is 9.76. The molecule has 2 aromatic carbocycles. The summed E-state index contributed by atoms with van der Waals surface area (Å²) in [6.45, 7) is 1.64. The number of carbonyl (C=O) groups is 4. The summed E-state index contributed by atoms with van der Waals surface area (Å²) in [5, 5.41) is 21.3. The first-order valence-electron chi connectivity index (χ1n) is 12.6. The summed E-state index contributed by atoms with van der Waals surface area (Å²) in [6.07, 6.45) is 1.97. The van der Waals surface area contributed by atoms with E-state index in [9.17, 15) is 33.9 Å². The Hall–Kier alpha value is -3.28. The Morgan fingerprint density at radius 3 is 2.50 bits per heavy atom. The lowest BCUT2D eigenvalue weighted by atomic mass is 9.51. The van der Waals surface area contributed by atoms with E-state index >= 15 is 0 Å². The van der Waals surface area contributed by atoms with E-state index in [1.165, 1.54) is 19.2 Å². The first-order chi connectivity index (χ1) is 18.9. The summed E-state index contributed by atoms with van der Waals surface area (Å²) in [4.78, 5) is 55.1. The number of halogens is 3. The molecule has 2 aliphatic carbocycles. The topological polar surface area (TPSA) is 124 Å². The smallest absolute Gasteiger partial charge is 0.257 e. The second-order valence-corrected chi connectivity index (χ2v) is 12.1. The van der Waals surface area contributed by atoms with Crippen LogP contribution >= 0.6 is 27.5 Å². The van der Waals surface area contributed by atoms with Gasteiger partial charge in [0.05, 0.1) is 41.0 Å². The lowest BCUT2D eigenvalue weighted by Gasteiger charge is -2.49. The summed E-state index contributed by atoms with van der Waals surface area (Å²) in [7, 11) is 1.38. The van der Waals surface area contributed by atoms with Crippen molar-refractivity contribution in [2.75, 3.05) is 12.0 Å². The molecule has 6 atom stereocenters. The molecule has 12 heteroatoms. The number of anilines is 1. The van der Waals surface area contributed by atoms with Crippen LogP contribution in [0.1, 0.15) is 31.2 Å². The highest BCUT2D eigenvalue weighted by atomic mass is 79.9. The average molecular weight is 634 g/mol. The van der Waals surface area contributed by atoms with Crippen molar-refractivity contribution >= 4 is 56.8 Å². The third kappa shape index (κ3) is 3.47. The van der Waals surface area contributed by atoms with E-state index in [4.69, 9.17) is 16.3 Å². The van der Waals surface area contributed by atoms with E-state index in [-0.39, 0.29) is 40.1 Å². The Morgan fingerprint density at radius 1 is 1.10 bits per heavy atom. The number of nitrogens with zero attached hydrogens (tertiary/aromatic N) is 2. The second kappa shape index (κ2) is 9.12. The number of phenols is 1. The number of hydrogen-bond acceptors (Lipinski definition) is 7. The maximum Gasteiger partial charge on any atom is 0.257 e. The minimum atomic E-state index is -1.44. The summed E-state index contributed by atoms with van der Waals surface area (Å²) in [6, 6.07) is 6.75. The summed E-state index contributed by atoms with van der Waals surface area (Å²) >= 11 is 9.42. The SMILES string of the molecule is COc1cc(Br)cc([C@H]2C3=CC[C@@H]4C(=O)N(O)C(=O)[C@@H]4[C@@H]3C[C@H]3C(=O)N(c4ccc(F)c(Cl)c4)C(=O)[C@@]23C)c1O. The Kier molecular flexibility index (Phi) is 6.14. The number of methoxy groups -OCH3 is 1. The fourth-order valence-electron chi connectivity index (χ4n) is 7.18. The van der Waals surface area contributed by atoms with E-state index in [0.29, 0.717) is 15.6 Å². The highest BCUT2D eigenvalue weighted by molar-refractivity contribution is 9.10. The molecule has 2 aromatic rings. The van der Waals surface area contributed by atoms with Crippen LogP contribution in [-0.2, 0) is 19.2 Å². The highest BCUT2D eigenvalue weighted by Gasteiger charge is 2.68. The number of phenolic OH excluding ortho intramolecular Hbond substituents is 1. The molecule has 4 aliphatic rings. The zero-order valence-corrected chi connectivity index (χ0v) is 23.6. The van der Waals surface area contributed by atoms with Crippen molar-refractivity contribution in [3.05, 3.63) is 62.9 Å². The molecule has 6 rings (SSSR count). The van der Waals surface area contributed by atoms with Gasteiger partial charge in [-0.05, 0) is 56.0 Å². The van der Waals surface area contributed by atoms with Crippen LogP contribution in [0, 0.1) is 34.9 Å². The molecule has 4 amide bonds. The summed E-state index contributed by atoms with van der Waals surface area (Å²) < 4.78 is 19.9. The van der Waals surface area contributed by atoms with Crippen LogP contribution in [0.15, 0.2) is 46.5 Å². The van der Waals surface area contributed by atoms with Crippen LogP contribution in [0.5, 0.6) is 11.5 Å². The molecule has 208 valence electrons. The first-order valence-corrected chi connectivity index (χ1v) is 13.7. The largest absolute Gasteiger partial charge is 0.504 e. The van der Waals surface area contributed by atoms with Crippen molar-refractivity contribution in [1.82, 2.24) is 5.06 Å². The van der Waals surface area contributed by atoms with E-state index in [1.807, 2.05) is 0 Å². The van der Waals surface area contributed by atoms with Gasteiger partial charge < -0.3 is 9.84 Å². The van der Waals surface area contributed by atoms with Gasteiger partial charge in [0.25, 0.3) is 11.8 Å². The van der Waals surface area contributed by atoms with Crippen molar-refractivity contribution in [3.8, 4) is 11.5 Å². The van der Waals surface area contributed by atoms with E-state index < -0.39 is 64.5 Å². The van der Waals surface area contributed by atoms with Crippen LogP contribution in [0.3, 0.4) is 0 Å². The number of rotatable bonds is 3. The Labute approximate surface area is 241 Å². The molecule has 2 saturated heterocycles. The fourth-order valence-corrected chi connectivity index (χ4v) is 7.81. The van der Waals surface area contributed by atoms with Crippen molar-refractivity contribution in [3.63, 3.8) is 0 Å².